The summed E-state index contributed by atoms with van der Waals surface area (Å²) in [6, 6.07) is 0. The SMILES string of the molecule is C[SiH](C)[K]. The molecule has 0 radical (unpaired) electrons. The molecule has 0 saturated heterocycles. The van der Waals surface area contributed by atoms with Crippen LogP contribution in [0.3, 0.4) is 0 Å². The molecular weight excluding hydrogens is 91.2 g/mol. The van der Waals surface area contributed by atoms with Crippen LogP contribution >= 0.6 is 0 Å². The van der Waals surface area contributed by atoms with Crippen molar-refractivity contribution in [1.82, 2.24) is 0 Å². The molecular formula is C2H7KSi. The third-order valence-corrected chi connectivity index (χ3v) is 0. The summed E-state index contributed by atoms with van der Waals surface area (Å²) in [6.07, 6.45) is 0. The van der Waals surface area contributed by atoms with Gasteiger partial charge in [-0.1, -0.05) is 0 Å². The maximum absolute atomic E-state index is 2.39. The zero-order valence-electron chi connectivity index (χ0n) is 3.58. The Morgan fingerprint density at radius 2 is 1.50 bits per heavy atom. The Kier molecular flexibility index (Phi) is 4.48. The second-order valence-electron chi connectivity index (χ2n) is 1.73. The fourth-order valence-electron chi connectivity index (χ4n) is 0. The molecule has 0 aliphatic rings. The van der Waals surface area contributed by atoms with E-state index in [-0.39, 0.29) is 1.48 Å². The van der Waals surface area contributed by atoms with Crippen LogP contribution in [-0.4, -0.2) is 49.2 Å². The molecule has 0 rings (SSSR count). The average molecular weight is 98.3 g/mol. The Morgan fingerprint density at radius 1 is 1.50 bits per heavy atom. The molecule has 0 saturated carbocycles. The Morgan fingerprint density at radius 3 is 1.50 bits per heavy atom. The third kappa shape index (κ3) is 9.13. The van der Waals surface area contributed by atoms with E-state index in [0.717, 1.165) is 0 Å². The van der Waals surface area contributed by atoms with Crippen molar-refractivity contribution in [3.8, 4) is 0 Å². The average Bonchev–Trinajstić information content (AvgIpc) is 0.811. The van der Waals surface area contributed by atoms with Gasteiger partial charge in [-0.2, -0.15) is 0 Å². The van der Waals surface area contributed by atoms with Crippen molar-refractivity contribution in [1.29, 1.82) is 0 Å². The van der Waals surface area contributed by atoms with E-state index < -0.39 is 0 Å². The van der Waals surface area contributed by atoms with Crippen molar-refractivity contribution in [3.63, 3.8) is 0 Å². The zero-order chi connectivity index (χ0) is 3.58. The monoisotopic (exact) mass is 98.0 g/mol. The topological polar surface area (TPSA) is 0 Å². The predicted molar refractivity (Wildman–Crippen MR) is 24.6 cm³/mol. The minimum absolute atomic E-state index is 0.0486. The van der Waals surface area contributed by atoms with Gasteiger partial charge in [-0.25, -0.2) is 0 Å². The zero-order valence-corrected chi connectivity index (χ0v) is 7.86. The van der Waals surface area contributed by atoms with Crippen molar-refractivity contribution < 1.29 is 0 Å². The molecule has 0 aromatic rings. The van der Waals surface area contributed by atoms with Gasteiger partial charge in [0, 0.05) is 0 Å². The summed E-state index contributed by atoms with van der Waals surface area (Å²) in [6.45, 7) is 4.78. The molecule has 0 unspecified atom stereocenters. The number of hydrogen-bond donors (Lipinski definition) is 0. The molecule has 4 heavy (non-hydrogen) atoms. The third-order valence-electron chi connectivity index (χ3n) is 0. The van der Waals surface area contributed by atoms with Crippen LogP contribution in [0.5, 0.6) is 0 Å². The van der Waals surface area contributed by atoms with E-state index in [2.05, 4.69) is 13.1 Å². The Balaban J connectivity index is 2.32. The molecule has 0 fully saturated rings. The normalized spacial score (nSPS) is 9.25. The van der Waals surface area contributed by atoms with Crippen molar-refractivity contribution in [2.45, 2.75) is 13.1 Å². The van der Waals surface area contributed by atoms with Gasteiger partial charge in [-0.15, -0.1) is 0 Å². The number of hydrogen-bond acceptors (Lipinski definition) is 0. The summed E-state index contributed by atoms with van der Waals surface area (Å²) < 4.78 is 0.0486. The molecule has 0 atom stereocenters. The van der Waals surface area contributed by atoms with E-state index in [1.807, 2.05) is 0 Å². The fraction of sp³-hybridized carbons (Fsp3) is 1.00. The molecule has 0 N–H and O–H groups in total. The fourth-order valence-corrected chi connectivity index (χ4v) is 0. The maximum atomic E-state index is 2.39. The molecule has 0 heterocycles. The van der Waals surface area contributed by atoms with E-state index in [1.54, 1.807) is 0 Å². The van der Waals surface area contributed by atoms with Crippen LogP contribution in [0.25, 0.3) is 0 Å². The van der Waals surface area contributed by atoms with Crippen LogP contribution in [0.1, 0.15) is 0 Å². The molecule has 0 amide bonds. The second kappa shape index (κ2) is 3.06. The standard InChI is InChI=1S/C2H7Si.K/c1-3-2;/h3H,1-2H3;. The molecule has 2 heteroatoms. The Labute approximate surface area is 60.8 Å². The predicted octanol–water partition coefficient (Wildman–Crippen LogP) is 0.138. The van der Waals surface area contributed by atoms with E-state index in [1.165, 1.54) is 47.7 Å². The molecule has 0 aliphatic carbocycles. The van der Waals surface area contributed by atoms with E-state index in [4.69, 9.17) is 0 Å². The van der Waals surface area contributed by atoms with E-state index in [9.17, 15) is 0 Å². The summed E-state index contributed by atoms with van der Waals surface area (Å²) in [5.74, 6) is 0. The van der Waals surface area contributed by atoms with Crippen LogP contribution in [0.2, 0.25) is 13.1 Å². The van der Waals surface area contributed by atoms with Crippen LogP contribution in [0, 0.1) is 0 Å². The first-order valence-corrected chi connectivity index (χ1v) is 10.6. The first-order valence-electron chi connectivity index (χ1n) is 1.73. The van der Waals surface area contributed by atoms with Crippen LogP contribution in [0.4, 0.5) is 0 Å². The van der Waals surface area contributed by atoms with Gasteiger partial charge in [-0.05, 0) is 0 Å². The van der Waals surface area contributed by atoms with Gasteiger partial charge >= 0.3 is 62.2 Å². The van der Waals surface area contributed by atoms with Gasteiger partial charge < -0.3 is 0 Å². The van der Waals surface area contributed by atoms with Crippen molar-refractivity contribution in [2.75, 3.05) is 0 Å². The van der Waals surface area contributed by atoms with Gasteiger partial charge in [0.1, 0.15) is 0 Å². The van der Waals surface area contributed by atoms with Gasteiger partial charge in [0.05, 0.1) is 0 Å². The van der Waals surface area contributed by atoms with Crippen LogP contribution in [0.15, 0.2) is 0 Å². The van der Waals surface area contributed by atoms with Gasteiger partial charge in [0.2, 0.25) is 0 Å². The molecule has 0 aromatic carbocycles. The quantitative estimate of drug-likeness (QED) is 0.378. The minimum atomic E-state index is 0.0486. The first-order chi connectivity index (χ1) is 1.73. The van der Waals surface area contributed by atoms with Crippen LogP contribution in [-0.2, 0) is 0 Å². The van der Waals surface area contributed by atoms with Gasteiger partial charge in [-0.3, -0.25) is 0 Å². The number of rotatable bonds is 0. The van der Waals surface area contributed by atoms with E-state index in [0.29, 0.717) is 0 Å². The summed E-state index contributed by atoms with van der Waals surface area (Å²) >= 11 is 1.20. The molecule has 0 nitrogen and oxygen atoms in total. The Bertz CT molecular complexity index is 10.8. The van der Waals surface area contributed by atoms with Crippen molar-refractivity contribution in [3.05, 3.63) is 0 Å². The summed E-state index contributed by atoms with van der Waals surface area (Å²) in [5, 5.41) is 0. The summed E-state index contributed by atoms with van der Waals surface area (Å²) in [4.78, 5) is 0. The van der Waals surface area contributed by atoms with E-state index >= 15 is 0 Å². The van der Waals surface area contributed by atoms with Crippen molar-refractivity contribution in [2.24, 2.45) is 0 Å². The molecule has 20 valence electrons. The van der Waals surface area contributed by atoms with Crippen molar-refractivity contribution >= 4 is 49.2 Å². The second-order valence-corrected chi connectivity index (χ2v) is 16.0. The molecule has 0 spiro atoms. The summed E-state index contributed by atoms with van der Waals surface area (Å²) in [7, 11) is 0. The Hall–Kier alpha value is 1.85. The molecule has 0 aliphatic heterocycles. The van der Waals surface area contributed by atoms with Crippen LogP contribution < -0.4 is 0 Å². The van der Waals surface area contributed by atoms with Gasteiger partial charge in [0.25, 0.3) is 0 Å². The molecule has 0 aromatic heterocycles. The first kappa shape index (κ1) is 5.85. The summed E-state index contributed by atoms with van der Waals surface area (Å²) in [5.41, 5.74) is 0. The molecule has 0 bridgehead atoms. The van der Waals surface area contributed by atoms with Gasteiger partial charge in [0.15, 0.2) is 0 Å².